The van der Waals surface area contributed by atoms with Gasteiger partial charge in [-0.15, -0.1) is 0 Å². The molecule has 1 aromatic rings. The molecule has 0 spiro atoms. The molecule has 1 aliphatic rings. The van der Waals surface area contributed by atoms with Gasteiger partial charge in [0.25, 0.3) is 0 Å². The van der Waals surface area contributed by atoms with Gasteiger partial charge in [-0.3, -0.25) is 9.59 Å². The van der Waals surface area contributed by atoms with Crippen LogP contribution in [0.1, 0.15) is 31.4 Å². The van der Waals surface area contributed by atoms with Gasteiger partial charge in [0, 0.05) is 31.5 Å². The Kier molecular flexibility index (Phi) is 4.96. The average Bonchev–Trinajstić information content (AvgIpc) is 2.43. The SMILES string of the molecule is CC(C(=O)O)C1CN(C(=O)CCC(N)c2ccccc2)C1. The first kappa shape index (κ1) is 15.5. The van der Waals surface area contributed by atoms with Crippen LogP contribution in [0.4, 0.5) is 0 Å². The van der Waals surface area contributed by atoms with Crippen molar-refractivity contribution in [2.75, 3.05) is 13.1 Å². The molecule has 2 unspecified atom stereocenters. The zero-order valence-corrected chi connectivity index (χ0v) is 12.2. The summed E-state index contributed by atoms with van der Waals surface area (Å²) in [6, 6.07) is 9.59. The summed E-state index contributed by atoms with van der Waals surface area (Å²) in [6.07, 6.45) is 1.02. The Hall–Kier alpha value is -1.88. The number of hydrogen-bond acceptors (Lipinski definition) is 3. The molecule has 3 N–H and O–H groups in total. The van der Waals surface area contributed by atoms with Crippen LogP contribution in [0.5, 0.6) is 0 Å². The van der Waals surface area contributed by atoms with Gasteiger partial charge in [-0.05, 0) is 12.0 Å². The standard InChI is InChI=1S/C16H22N2O3/c1-11(16(20)21)13-9-18(10-13)15(19)8-7-14(17)12-5-3-2-4-6-12/h2-6,11,13-14H,7-10,17H2,1H3,(H,20,21). The zero-order valence-electron chi connectivity index (χ0n) is 12.2. The third-order valence-electron chi connectivity index (χ3n) is 4.26. The fourth-order valence-electron chi connectivity index (χ4n) is 2.54. The lowest BCUT2D eigenvalue weighted by Gasteiger charge is -2.41. The Morgan fingerprint density at radius 1 is 1.33 bits per heavy atom. The van der Waals surface area contributed by atoms with Crippen molar-refractivity contribution >= 4 is 11.9 Å². The smallest absolute Gasteiger partial charge is 0.306 e. The van der Waals surface area contributed by atoms with Crippen LogP contribution in [0.3, 0.4) is 0 Å². The minimum Gasteiger partial charge on any atom is -0.481 e. The molecule has 5 heteroatoms. The summed E-state index contributed by atoms with van der Waals surface area (Å²) in [4.78, 5) is 24.6. The lowest BCUT2D eigenvalue weighted by Crippen LogP contribution is -2.53. The number of hydrogen-bond donors (Lipinski definition) is 2. The number of nitrogens with zero attached hydrogens (tertiary/aromatic N) is 1. The lowest BCUT2D eigenvalue weighted by atomic mass is 9.86. The second-order valence-corrected chi connectivity index (χ2v) is 5.74. The van der Waals surface area contributed by atoms with E-state index in [0.717, 1.165) is 5.56 Å². The van der Waals surface area contributed by atoms with Crippen LogP contribution in [0.15, 0.2) is 30.3 Å². The van der Waals surface area contributed by atoms with Gasteiger partial charge in [-0.25, -0.2) is 0 Å². The predicted octanol–water partition coefficient (Wildman–Crippen LogP) is 1.65. The van der Waals surface area contributed by atoms with Crippen molar-refractivity contribution in [3.05, 3.63) is 35.9 Å². The van der Waals surface area contributed by atoms with E-state index in [1.807, 2.05) is 30.3 Å². The molecule has 114 valence electrons. The maximum absolute atomic E-state index is 12.0. The second-order valence-electron chi connectivity index (χ2n) is 5.74. The molecule has 1 aliphatic heterocycles. The molecule has 1 amide bonds. The summed E-state index contributed by atoms with van der Waals surface area (Å²) < 4.78 is 0. The number of rotatable bonds is 6. The Morgan fingerprint density at radius 2 is 1.95 bits per heavy atom. The fraction of sp³-hybridized carbons (Fsp3) is 0.500. The normalized spacial score (nSPS) is 17.9. The molecule has 0 aliphatic carbocycles. The summed E-state index contributed by atoms with van der Waals surface area (Å²) in [5.41, 5.74) is 7.10. The van der Waals surface area contributed by atoms with E-state index >= 15 is 0 Å². The molecule has 2 atom stereocenters. The Morgan fingerprint density at radius 3 is 2.52 bits per heavy atom. The van der Waals surface area contributed by atoms with Crippen LogP contribution < -0.4 is 5.73 Å². The predicted molar refractivity (Wildman–Crippen MR) is 79.5 cm³/mol. The Bertz CT molecular complexity index is 498. The van der Waals surface area contributed by atoms with E-state index in [-0.39, 0.29) is 23.8 Å². The molecule has 0 saturated carbocycles. The van der Waals surface area contributed by atoms with E-state index in [2.05, 4.69) is 0 Å². The molecule has 1 saturated heterocycles. The Balaban J connectivity index is 1.73. The van der Waals surface area contributed by atoms with Gasteiger partial charge in [0.15, 0.2) is 0 Å². The molecule has 2 rings (SSSR count). The molecule has 5 nitrogen and oxygen atoms in total. The van der Waals surface area contributed by atoms with Gasteiger partial charge in [0.1, 0.15) is 0 Å². The van der Waals surface area contributed by atoms with Crippen molar-refractivity contribution in [1.29, 1.82) is 0 Å². The summed E-state index contributed by atoms with van der Waals surface area (Å²) in [5, 5.41) is 8.92. The first-order valence-corrected chi connectivity index (χ1v) is 7.30. The molecule has 21 heavy (non-hydrogen) atoms. The highest BCUT2D eigenvalue weighted by atomic mass is 16.4. The Labute approximate surface area is 124 Å². The second kappa shape index (κ2) is 6.72. The number of carboxylic acids is 1. The van der Waals surface area contributed by atoms with Crippen LogP contribution in [0, 0.1) is 11.8 Å². The van der Waals surface area contributed by atoms with Crippen molar-refractivity contribution < 1.29 is 14.7 Å². The zero-order chi connectivity index (χ0) is 15.4. The number of amides is 1. The van der Waals surface area contributed by atoms with Crippen LogP contribution in [-0.2, 0) is 9.59 Å². The minimum atomic E-state index is -0.793. The minimum absolute atomic E-state index is 0.0650. The first-order chi connectivity index (χ1) is 9.99. The topological polar surface area (TPSA) is 83.6 Å². The van der Waals surface area contributed by atoms with Crippen LogP contribution in [0.25, 0.3) is 0 Å². The summed E-state index contributed by atoms with van der Waals surface area (Å²) in [5.74, 6) is -1.04. The number of benzene rings is 1. The van der Waals surface area contributed by atoms with Crippen molar-refractivity contribution in [3.63, 3.8) is 0 Å². The van der Waals surface area contributed by atoms with Gasteiger partial charge in [0.05, 0.1) is 5.92 Å². The maximum atomic E-state index is 12.0. The highest BCUT2D eigenvalue weighted by Crippen LogP contribution is 2.25. The van der Waals surface area contributed by atoms with E-state index in [4.69, 9.17) is 10.8 Å². The van der Waals surface area contributed by atoms with E-state index in [1.165, 1.54) is 0 Å². The molecular weight excluding hydrogens is 268 g/mol. The highest BCUT2D eigenvalue weighted by molar-refractivity contribution is 5.78. The first-order valence-electron chi connectivity index (χ1n) is 7.30. The van der Waals surface area contributed by atoms with Crippen molar-refractivity contribution in [3.8, 4) is 0 Å². The van der Waals surface area contributed by atoms with E-state index in [0.29, 0.717) is 25.9 Å². The highest BCUT2D eigenvalue weighted by Gasteiger charge is 2.36. The van der Waals surface area contributed by atoms with Crippen molar-refractivity contribution in [1.82, 2.24) is 4.90 Å². The van der Waals surface area contributed by atoms with Crippen LogP contribution >= 0.6 is 0 Å². The molecule has 1 heterocycles. The number of carboxylic acid groups (broad SMARTS) is 1. The summed E-state index contributed by atoms with van der Waals surface area (Å²) >= 11 is 0. The number of carbonyl (C=O) groups is 2. The number of carbonyl (C=O) groups excluding carboxylic acids is 1. The van der Waals surface area contributed by atoms with Gasteiger partial charge in [-0.1, -0.05) is 37.3 Å². The summed E-state index contributed by atoms with van der Waals surface area (Å²) in [7, 11) is 0. The van der Waals surface area contributed by atoms with Crippen LogP contribution in [-0.4, -0.2) is 35.0 Å². The van der Waals surface area contributed by atoms with E-state index in [9.17, 15) is 9.59 Å². The van der Waals surface area contributed by atoms with Gasteiger partial charge in [-0.2, -0.15) is 0 Å². The van der Waals surface area contributed by atoms with Gasteiger partial charge < -0.3 is 15.7 Å². The molecule has 1 aromatic carbocycles. The van der Waals surface area contributed by atoms with Crippen LogP contribution in [0.2, 0.25) is 0 Å². The maximum Gasteiger partial charge on any atom is 0.306 e. The van der Waals surface area contributed by atoms with Crippen molar-refractivity contribution in [2.45, 2.75) is 25.8 Å². The monoisotopic (exact) mass is 290 g/mol. The lowest BCUT2D eigenvalue weighted by molar-refractivity contribution is -0.150. The molecular formula is C16H22N2O3. The number of aliphatic carboxylic acids is 1. The largest absolute Gasteiger partial charge is 0.481 e. The van der Waals surface area contributed by atoms with Gasteiger partial charge >= 0.3 is 5.97 Å². The molecule has 0 bridgehead atoms. The van der Waals surface area contributed by atoms with E-state index in [1.54, 1.807) is 11.8 Å². The number of likely N-dealkylation sites (tertiary alicyclic amines) is 1. The third-order valence-corrected chi connectivity index (χ3v) is 4.26. The molecule has 0 radical (unpaired) electrons. The third kappa shape index (κ3) is 3.82. The summed E-state index contributed by atoms with van der Waals surface area (Å²) in [6.45, 7) is 2.79. The molecule has 0 aromatic heterocycles. The fourth-order valence-corrected chi connectivity index (χ4v) is 2.54. The van der Waals surface area contributed by atoms with Gasteiger partial charge in [0.2, 0.25) is 5.91 Å². The quantitative estimate of drug-likeness (QED) is 0.834. The van der Waals surface area contributed by atoms with E-state index < -0.39 is 5.97 Å². The molecule has 1 fully saturated rings. The number of nitrogens with two attached hydrogens (primary N) is 1. The van der Waals surface area contributed by atoms with Crippen molar-refractivity contribution in [2.24, 2.45) is 17.6 Å². The average molecular weight is 290 g/mol.